The molecule has 6 heteroatoms. The van der Waals surface area contributed by atoms with E-state index < -0.39 is 23.9 Å². The van der Waals surface area contributed by atoms with Crippen molar-refractivity contribution in [2.75, 3.05) is 7.11 Å². The fourth-order valence-electron chi connectivity index (χ4n) is 1.05. The second-order valence-electron chi connectivity index (χ2n) is 2.76. The maximum absolute atomic E-state index is 12.6. The molecule has 0 aromatic carbocycles. The topological polar surface area (TPSA) is 39.2 Å². The predicted molar refractivity (Wildman–Crippen MR) is 44.9 cm³/mol. The van der Waals surface area contributed by atoms with E-state index in [9.17, 15) is 18.0 Å². The number of ether oxygens (including phenoxy) is 1. The van der Waals surface area contributed by atoms with Crippen LogP contribution in [-0.4, -0.2) is 18.1 Å². The lowest BCUT2D eigenvalue weighted by molar-refractivity contribution is -0.139. The van der Waals surface area contributed by atoms with Crippen LogP contribution in [-0.2, 0) is 16.0 Å². The number of carbonyl (C=O) groups is 1. The Morgan fingerprint density at radius 3 is 2.80 bits per heavy atom. The van der Waals surface area contributed by atoms with E-state index >= 15 is 0 Å². The van der Waals surface area contributed by atoms with Gasteiger partial charge in [-0.1, -0.05) is 0 Å². The van der Waals surface area contributed by atoms with Gasteiger partial charge in [0, 0.05) is 17.8 Å². The van der Waals surface area contributed by atoms with Crippen LogP contribution in [0, 0.1) is 5.95 Å². The molecule has 0 bridgehead atoms. The first kappa shape index (κ1) is 11.5. The molecule has 82 valence electrons. The zero-order chi connectivity index (χ0) is 11.4. The molecule has 0 aliphatic heterocycles. The normalized spacial score (nSPS) is 10.5. The van der Waals surface area contributed by atoms with Crippen LogP contribution in [0.2, 0.25) is 0 Å². The van der Waals surface area contributed by atoms with Crippen molar-refractivity contribution in [3.8, 4) is 0 Å². The molecule has 0 saturated heterocycles. The summed E-state index contributed by atoms with van der Waals surface area (Å²) in [7, 11) is 1.14. The molecule has 0 atom stereocenters. The van der Waals surface area contributed by atoms with Crippen molar-refractivity contribution in [3.05, 3.63) is 29.3 Å². The van der Waals surface area contributed by atoms with Crippen molar-refractivity contribution in [3.63, 3.8) is 0 Å². The van der Waals surface area contributed by atoms with E-state index in [4.69, 9.17) is 0 Å². The summed E-state index contributed by atoms with van der Waals surface area (Å²) in [6, 6.07) is 0.614. The van der Waals surface area contributed by atoms with Gasteiger partial charge in [-0.25, -0.2) is 13.8 Å². The number of esters is 1. The first-order valence-corrected chi connectivity index (χ1v) is 4.04. The van der Waals surface area contributed by atoms with Crippen LogP contribution >= 0.6 is 0 Å². The minimum atomic E-state index is -2.85. The highest BCUT2D eigenvalue weighted by Crippen LogP contribution is 2.23. The molecule has 0 spiro atoms. The fraction of sp³-hybridized carbons (Fsp3) is 0.333. The van der Waals surface area contributed by atoms with Crippen LogP contribution in [0.5, 0.6) is 0 Å². The second kappa shape index (κ2) is 4.77. The van der Waals surface area contributed by atoms with Crippen molar-refractivity contribution in [2.24, 2.45) is 0 Å². The van der Waals surface area contributed by atoms with Crippen molar-refractivity contribution < 1.29 is 22.7 Å². The number of carbonyl (C=O) groups excluding carboxylic acids is 1. The number of aromatic nitrogens is 1. The summed E-state index contributed by atoms with van der Waals surface area (Å²) in [6.45, 7) is 0. The van der Waals surface area contributed by atoms with Crippen molar-refractivity contribution in [1.29, 1.82) is 0 Å². The van der Waals surface area contributed by atoms with Crippen LogP contribution in [0.3, 0.4) is 0 Å². The summed E-state index contributed by atoms with van der Waals surface area (Å²) in [6.07, 6.45) is -2.28. The van der Waals surface area contributed by atoms with Crippen LogP contribution < -0.4 is 0 Å². The molecule has 0 N–H and O–H groups in total. The molecule has 0 amide bonds. The predicted octanol–water partition coefficient (Wildman–Crippen LogP) is 1.87. The van der Waals surface area contributed by atoms with Gasteiger partial charge in [-0.15, -0.1) is 0 Å². The molecule has 0 unspecified atom stereocenters. The molecule has 1 aromatic rings. The molecular formula is C9H8F3NO2. The fourth-order valence-corrected chi connectivity index (χ4v) is 1.05. The summed E-state index contributed by atoms with van der Waals surface area (Å²) >= 11 is 0. The van der Waals surface area contributed by atoms with Gasteiger partial charge in [-0.05, 0) is 5.56 Å². The zero-order valence-corrected chi connectivity index (χ0v) is 7.84. The number of methoxy groups -OCH3 is 1. The number of hydrogen-bond acceptors (Lipinski definition) is 3. The quantitative estimate of drug-likeness (QED) is 0.575. The van der Waals surface area contributed by atoms with E-state index in [-0.39, 0.29) is 12.0 Å². The summed E-state index contributed by atoms with van der Waals surface area (Å²) in [5.74, 6) is -1.68. The third kappa shape index (κ3) is 2.93. The van der Waals surface area contributed by atoms with Crippen LogP contribution in [0.4, 0.5) is 13.2 Å². The largest absolute Gasteiger partial charge is 0.469 e. The van der Waals surface area contributed by atoms with E-state index in [2.05, 4.69) is 9.72 Å². The Hall–Kier alpha value is -1.59. The van der Waals surface area contributed by atoms with Gasteiger partial charge in [-0.2, -0.15) is 4.39 Å². The summed E-state index contributed by atoms with van der Waals surface area (Å²) in [5, 5.41) is 0. The Kier molecular flexibility index (Phi) is 3.65. The Labute approximate surface area is 83.9 Å². The first-order chi connectivity index (χ1) is 7.04. The lowest BCUT2D eigenvalue weighted by Gasteiger charge is -2.06. The number of halogens is 3. The van der Waals surface area contributed by atoms with E-state index in [0.717, 1.165) is 13.3 Å². The monoisotopic (exact) mass is 219 g/mol. The van der Waals surface area contributed by atoms with Gasteiger partial charge in [0.2, 0.25) is 5.95 Å². The van der Waals surface area contributed by atoms with E-state index in [1.165, 1.54) is 0 Å². The Morgan fingerprint density at radius 2 is 2.27 bits per heavy atom. The molecule has 15 heavy (non-hydrogen) atoms. The standard InChI is InChI=1S/C9H8F3NO2/c1-15-8(14)2-5-4-13-7(10)3-6(5)9(11)12/h3-4,9H,2H2,1H3. The third-order valence-electron chi connectivity index (χ3n) is 1.79. The molecule has 0 fully saturated rings. The molecule has 3 nitrogen and oxygen atoms in total. The molecular weight excluding hydrogens is 211 g/mol. The van der Waals surface area contributed by atoms with Crippen LogP contribution in [0.1, 0.15) is 17.6 Å². The number of rotatable bonds is 3. The minimum Gasteiger partial charge on any atom is -0.469 e. The summed E-state index contributed by atoms with van der Waals surface area (Å²) < 4.78 is 41.7. The van der Waals surface area contributed by atoms with Gasteiger partial charge in [0.25, 0.3) is 6.43 Å². The Balaban J connectivity index is 3.00. The number of nitrogens with zero attached hydrogens (tertiary/aromatic N) is 1. The highest BCUT2D eigenvalue weighted by atomic mass is 19.3. The molecule has 0 radical (unpaired) electrons. The maximum Gasteiger partial charge on any atom is 0.310 e. The summed E-state index contributed by atoms with van der Waals surface area (Å²) in [4.78, 5) is 14.1. The maximum atomic E-state index is 12.6. The van der Waals surface area contributed by atoms with Crippen LogP contribution in [0.15, 0.2) is 12.3 Å². The van der Waals surface area contributed by atoms with Gasteiger partial charge >= 0.3 is 5.97 Å². The SMILES string of the molecule is COC(=O)Cc1cnc(F)cc1C(F)F. The molecule has 1 rings (SSSR count). The van der Waals surface area contributed by atoms with E-state index in [1.807, 2.05) is 0 Å². The minimum absolute atomic E-state index is 0.0294. The lowest BCUT2D eigenvalue weighted by Crippen LogP contribution is -2.08. The average Bonchev–Trinajstić information content (AvgIpc) is 2.20. The Morgan fingerprint density at radius 1 is 1.60 bits per heavy atom. The summed E-state index contributed by atoms with van der Waals surface area (Å²) in [5.41, 5.74) is -0.564. The molecule has 0 saturated carbocycles. The number of hydrogen-bond donors (Lipinski definition) is 0. The molecule has 0 aliphatic rings. The number of alkyl halides is 2. The van der Waals surface area contributed by atoms with E-state index in [0.29, 0.717) is 6.07 Å². The molecule has 1 aromatic heterocycles. The van der Waals surface area contributed by atoms with Crippen molar-refractivity contribution in [1.82, 2.24) is 4.98 Å². The van der Waals surface area contributed by atoms with Gasteiger partial charge < -0.3 is 4.74 Å². The lowest BCUT2D eigenvalue weighted by atomic mass is 10.1. The van der Waals surface area contributed by atoms with Crippen LogP contribution in [0.25, 0.3) is 0 Å². The van der Waals surface area contributed by atoms with E-state index in [1.54, 1.807) is 0 Å². The van der Waals surface area contributed by atoms with Crippen molar-refractivity contribution >= 4 is 5.97 Å². The highest BCUT2D eigenvalue weighted by Gasteiger charge is 2.17. The van der Waals surface area contributed by atoms with Crippen molar-refractivity contribution in [2.45, 2.75) is 12.8 Å². The highest BCUT2D eigenvalue weighted by molar-refractivity contribution is 5.72. The molecule has 1 heterocycles. The Bertz CT molecular complexity index is 368. The smallest absolute Gasteiger partial charge is 0.310 e. The third-order valence-corrected chi connectivity index (χ3v) is 1.79. The van der Waals surface area contributed by atoms with Gasteiger partial charge in [-0.3, -0.25) is 4.79 Å². The van der Waals surface area contributed by atoms with Gasteiger partial charge in [0.1, 0.15) is 0 Å². The number of pyridine rings is 1. The molecule has 0 aliphatic carbocycles. The second-order valence-corrected chi connectivity index (χ2v) is 2.76. The zero-order valence-electron chi connectivity index (χ0n) is 7.84. The average molecular weight is 219 g/mol. The van der Waals surface area contributed by atoms with Gasteiger partial charge in [0.05, 0.1) is 13.5 Å². The first-order valence-electron chi connectivity index (χ1n) is 4.04. The van der Waals surface area contributed by atoms with Gasteiger partial charge in [0.15, 0.2) is 0 Å².